The van der Waals surface area contributed by atoms with Gasteiger partial charge in [0.2, 0.25) is 0 Å². The molecule has 0 bridgehead atoms. The number of benzene rings is 1. The molecule has 0 spiro atoms. The number of nitrogens with one attached hydrogen (secondary N) is 2. The van der Waals surface area contributed by atoms with Crippen molar-refractivity contribution in [2.45, 2.75) is 19.1 Å². The van der Waals surface area contributed by atoms with E-state index in [4.69, 9.17) is 9.68 Å². The van der Waals surface area contributed by atoms with Gasteiger partial charge in [0.15, 0.2) is 0 Å². The predicted octanol–water partition coefficient (Wildman–Crippen LogP) is 2.00. The molecule has 2 aromatic rings. The van der Waals surface area contributed by atoms with Crippen molar-refractivity contribution < 1.29 is 18.7 Å². The van der Waals surface area contributed by atoms with Crippen LogP contribution in [0.5, 0.6) is 0 Å². The van der Waals surface area contributed by atoms with Crippen LogP contribution in [0.1, 0.15) is 23.8 Å². The molecule has 23 heavy (non-hydrogen) atoms. The molecule has 2 amide bonds. The van der Waals surface area contributed by atoms with Crippen LogP contribution in [0.25, 0.3) is 0 Å². The number of halogens is 1. The average Bonchev–Trinajstić information content (AvgIpc) is 3.07. The first-order valence-corrected chi connectivity index (χ1v) is 6.89. The first kappa shape index (κ1) is 16.5. The third-order valence-electron chi connectivity index (χ3n) is 3.27. The summed E-state index contributed by atoms with van der Waals surface area (Å²) < 4.78 is 18.8. The lowest BCUT2D eigenvalue weighted by Gasteiger charge is -2.21. The molecule has 1 aromatic carbocycles. The van der Waals surface area contributed by atoms with Gasteiger partial charge in [0.05, 0.1) is 24.4 Å². The monoisotopic (exact) mass is 317 g/mol. The second-order valence-electron chi connectivity index (χ2n) is 5.21. The topological polar surface area (TPSA) is 98.3 Å². The lowest BCUT2D eigenvalue weighted by Crippen LogP contribution is -2.43. The third kappa shape index (κ3) is 4.31. The van der Waals surface area contributed by atoms with Crippen LogP contribution in [0.3, 0.4) is 0 Å². The lowest BCUT2D eigenvalue weighted by molar-refractivity contribution is 0.0367. The Morgan fingerprint density at radius 1 is 1.43 bits per heavy atom. The van der Waals surface area contributed by atoms with E-state index in [2.05, 4.69) is 10.6 Å². The van der Waals surface area contributed by atoms with Crippen LogP contribution in [0.2, 0.25) is 0 Å². The number of amides is 2. The van der Waals surface area contributed by atoms with Crippen molar-refractivity contribution in [2.75, 3.05) is 6.54 Å². The highest BCUT2D eigenvalue weighted by Crippen LogP contribution is 2.19. The molecular weight excluding hydrogens is 301 g/mol. The molecule has 1 heterocycles. The van der Waals surface area contributed by atoms with E-state index in [1.165, 1.54) is 25.3 Å². The zero-order chi connectivity index (χ0) is 16.9. The summed E-state index contributed by atoms with van der Waals surface area (Å²) in [5, 5.41) is 23.8. The van der Waals surface area contributed by atoms with Crippen molar-refractivity contribution in [2.24, 2.45) is 0 Å². The van der Waals surface area contributed by atoms with Gasteiger partial charge in [0.1, 0.15) is 17.2 Å². The number of nitrogens with zero attached hydrogens (tertiary/aromatic N) is 1. The van der Waals surface area contributed by atoms with E-state index >= 15 is 0 Å². The van der Waals surface area contributed by atoms with Crippen molar-refractivity contribution in [3.8, 4) is 6.07 Å². The fourth-order valence-electron chi connectivity index (χ4n) is 1.92. The number of carbonyl (C=O) groups is 1. The largest absolute Gasteiger partial charge is 0.466 e. The standard InChI is InChI=1S/C16H16FN3O3/c1-16(22,14-3-2-6-23-14)10-20-15(21)19-9-12-5-4-11(8-18)7-13(12)17/h2-7,22H,9-10H2,1H3,(H2,19,20,21). The zero-order valence-corrected chi connectivity index (χ0v) is 12.5. The second kappa shape index (κ2) is 6.94. The van der Waals surface area contributed by atoms with Gasteiger partial charge >= 0.3 is 6.03 Å². The Bertz CT molecular complexity index is 721. The highest BCUT2D eigenvalue weighted by Gasteiger charge is 2.26. The van der Waals surface area contributed by atoms with Gasteiger partial charge in [-0.15, -0.1) is 0 Å². The minimum Gasteiger partial charge on any atom is -0.466 e. The Hall–Kier alpha value is -2.85. The molecule has 0 fully saturated rings. The molecule has 0 aliphatic heterocycles. The first-order chi connectivity index (χ1) is 10.9. The van der Waals surface area contributed by atoms with Gasteiger partial charge in [-0.2, -0.15) is 5.26 Å². The Morgan fingerprint density at radius 3 is 2.83 bits per heavy atom. The second-order valence-corrected chi connectivity index (χ2v) is 5.21. The Balaban J connectivity index is 1.85. The number of hydrogen-bond donors (Lipinski definition) is 3. The van der Waals surface area contributed by atoms with Gasteiger partial charge < -0.3 is 20.2 Å². The van der Waals surface area contributed by atoms with Crippen molar-refractivity contribution in [1.29, 1.82) is 5.26 Å². The minimum absolute atomic E-state index is 0.0354. The summed E-state index contributed by atoms with van der Waals surface area (Å²) in [6.45, 7) is 1.40. The van der Waals surface area contributed by atoms with Crippen LogP contribution < -0.4 is 10.6 Å². The summed E-state index contributed by atoms with van der Waals surface area (Å²) in [4.78, 5) is 11.7. The van der Waals surface area contributed by atoms with E-state index < -0.39 is 17.4 Å². The Kier molecular flexibility index (Phi) is 4.98. The van der Waals surface area contributed by atoms with Crippen LogP contribution in [0.15, 0.2) is 41.0 Å². The van der Waals surface area contributed by atoms with E-state index in [9.17, 15) is 14.3 Å². The van der Waals surface area contributed by atoms with E-state index in [0.29, 0.717) is 5.76 Å². The zero-order valence-electron chi connectivity index (χ0n) is 12.5. The maximum atomic E-state index is 13.7. The smallest absolute Gasteiger partial charge is 0.315 e. The van der Waals surface area contributed by atoms with Crippen LogP contribution in [-0.2, 0) is 12.1 Å². The minimum atomic E-state index is -1.35. The molecule has 0 aliphatic carbocycles. The summed E-state index contributed by atoms with van der Waals surface area (Å²) in [5.74, 6) is -0.233. The van der Waals surface area contributed by atoms with Gasteiger partial charge in [0, 0.05) is 12.1 Å². The number of rotatable bonds is 5. The van der Waals surface area contributed by atoms with Gasteiger partial charge in [-0.3, -0.25) is 0 Å². The van der Waals surface area contributed by atoms with E-state index in [1.54, 1.807) is 12.1 Å². The average molecular weight is 317 g/mol. The first-order valence-electron chi connectivity index (χ1n) is 6.89. The predicted molar refractivity (Wildman–Crippen MR) is 79.6 cm³/mol. The van der Waals surface area contributed by atoms with Crippen molar-refractivity contribution in [1.82, 2.24) is 10.6 Å². The van der Waals surface area contributed by atoms with Crippen molar-refractivity contribution in [3.05, 3.63) is 59.3 Å². The highest BCUT2D eigenvalue weighted by molar-refractivity contribution is 5.73. The summed E-state index contributed by atoms with van der Waals surface area (Å²) in [6, 6.07) is 8.54. The van der Waals surface area contributed by atoms with Crippen LogP contribution in [0.4, 0.5) is 9.18 Å². The lowest BCUT2D eigenvalue weighted by atomic mass is 10.0. The molecule has 0 radical (unpaired) electrons. The van der Waals surface area contributed by atoms with Crippen LogP contribution in [-0.4, -0.2) is 17.7 Å². The molecule has 1 atom stereocenters. The number of carbonyl (C=O) groups excluding carboxylic acids is 1. The summed E-state index contributed by atoms with van der Waals surface area (Å²) >= 11 is 0. The molecule has 0 saturated carbocycles. The SMILES string of the molecule is CC(O)(CNC(=O)NCc1ccc(C#N)cc1F)c1ccco1. The summed E-state index contributed by atoms with van der Waals surface area (Å²) in [6.07, 6.45) is 1.43. The maximum Gasteiger partial charge on any atom is 0.315 e. The molecule has 2 rings (SSSR count). The molecule has 0 aliphatic rings. The van der Waals surface area contributed by atoms with Crippen LogP contribution >= 0.6 is 0 Å². The quantitative estimate of drug-likeness (QED) is 0.785. The van der Waals surface area contributed by atoms with Crippen LogP contribution in [0, 0.1) is 17.1 Å². The molecule has 3 N–H and O–H groups in total. The van der Waals surface area contributed by atoms with Crippen molar-refractivity contribution >= 4 is 6.03 Å². The summed E-state index contributed by atoms with van der Waals surface area (Å²) in [5.41, 5.74) is -0.872. The highest BCUT2D eigenvalue weighted by atomic mass is 19.1. The number of hydrogen-bond acceptors (Lipinski definition) is 4. The molecule has 0 saturated heterocycles. The fraction of sp³-hybridized carbons (Fsp3) is 0.250. The molecular formula is C16H16FN3O3. The molecule has 6 nitrogen and oxygen atoms in total. The normalized spacial score (nSPS) is 13.0. The van der Waals surface area contributed by atoms with Gasteiger partial charge in [-0.25, -0.2) is 9.18 Å². The van der Waals surface area contributed by atoms with Gasteiger partial charge in [0.25, 0.3) is 0 Å². The molecule has 120 valence electrons. The Labute approximate surface area is 132 Å². The van der Waals surface area contributed by atoms with E-state index in [1.807, 2.05) is 6.07 Å². The number of furan rings is 1. The van der Waals surface area contributed by atoms with Crippen molar-refractivity contribution in [3.63, 3.8) is 0 Å². The van der Waals surface area contributed by atoms with Gasteiger partial charge in [-0.1, -0.05) is 6.07 Å². The molecule has 7 heteroatoms. The maximum absolute atomic E-state index is 13.7. The Morgan fingerprint density at radius 2 is 2.22 bits per heavy atom. The fourth-order valence-corrected chi connectivity index (χ4v) is 1.92. The third-order valence-corrected chi connectivity index (χ3v) is 3.27. The van der Waals surface area contributed by atoms with E-state index in [0.717, 1.165) is 6.07 Å². The molecule has 1 unspecified atom stereocenters. The van der Waals surface area contributed by atoms with Gasteiger partial charge in [-0.05, 0) is 31.2 Å². The summed E-state index contributed by atoms with van der Waals surface area (Å²) in [7, 11) is 0. The molecule has 1 aromatic heterocycles. The number of nitriles is 1. The number of aliphatic hydroxyl groups is 1. The number of urea groups is 1. The van der Waals surface area contributed by atoms with E-state index in [-0.39, 0.29) is 24.2 Å².